The molecule has 1 saturated carbocycles. The number of hydrogen-bond donors (Lipinski definition) is 1. The molecule has 2 atom stereocenters. The number of aryl methyl sites for hydroxylation is 1. The largest absolute Gasteiger partial charge is 0.391 e. The molecule has 0 radical (unpaired) electrons. The lowest BCUT2D eigenvalue weighted by atomic mass is 9.80. The Morgan fingerprint density at radius 1 is 1.11 bits per heavy atom. The first-order chi connectivity index (χ1) is 13.3. The Kier molecular flexibility index (Phi) is 5.14. The summed E-state index contributed by atoms with van der Waals surface area (Å²) >= 11 is 0. The van der Waals surface area contributed by atoms with Crippen LogP contribution in [0, 0.1) is 25.7 Å². The highest BCUT2D eigenvalue weighted by Gasteiger charge is 2.42. The summed E-state index contributed by atoms with van der Waals surface area (Å²) in [6.45, 7) is 8.38. The van der Waals surface area contributed by atoms with Crippen molar-refractivity contribution < 1.29 is 13.2 Å². The van der Waals surface area contributed by atoms with Crippen molar-refractivity contribution in [3.8, 4) is 0 Å². The Morgan fingerprint density at radius 2 is 1.82 bits per heavy atom. The summed E-state index contributed by atoms with van der Waals surface area (Å²) in [5.74, 6) is -0.143. The summed E-state index contributed by atoms with van der Waals surface area (Å²) in [4.78, 5) is 4.73. The van der Waals surface area contributed by atoms with Gasteiger partial charge in [0.25, 0.3) is 0 Å². The van der Waals surface area contributed by atoms with Gasteiger partial charge in [0.05, 0.1) is 17.3 Å². The number of piperidine rings is 1. The topological polar surface area (TPSA) is 42.2 Å². The molecule has 2 aromatic heterocycles. The highest BCUT2D eigenvalue weighted by molar-refractivity contribution is 5.46. The Morgan fingerprint density at radius 3 is 2.46 bits per heavy atom. The van der Waals surface area contributed by atoms with Crippen LogP contribution in [0.4, 0.5) is 13.2 Å². The number of fused-ring (bicyclic) bond motifs is 1. The molecule has 0 unspecified atom stereocenters. The van der Waals surface area contributed by atoms with E-state index in [0.717, 1.165) is 36.5 Å². The van der Waals surface area contributed by atoms with Crippen LogP contribution in [0.5, 0.6) is 0 Å². The van der Waals surface area contributed by atoms with E-state index in [1.54, 1.807) is 0 Å². The van der Waals surface area contributed by atoms with E-state index in [1.165, 1.54) is 11.3 Å². The van der Waals surface area contributed by atoms with Gasteiger partial charge in [0.15, 0.2) is 5.65 Å². The average molecular weight is 394 g/mol. The van der Waals surface area contributed by atoms with E-state index in [1.807, 2.05) is 17.5 Å². The molecule has 2 aromatic rings. The third-order valence-corrected chi connectivity index (χ3v) is 6.93. The second-order valence-corrected chi connectivity index (χ2v) is 8.71. The number of halogens is 3. The summed E-state index contributed by atoms with van der Waals surface area (Å²) in [5, 5.41) is 8.38. The molecule has 28 heavy (non-hydrogen) atoms. The number of nitrogens with zero attached hydrogens (tertiary/aromatic N) is 3. The molecule has 1 aliphatic carbocycles. The second kappa shape index (κ2) is 7.32. The van der Waals surface area contributed by atoms with Crippen LogP contribution in [-0.4, -0.2) is 33.9 Å². The van der Waals surface area contributed by atoms with Gasteiger partial charge in [0.2, 0.25) is 0 Å². The van der Waals surface area contributed by atoms with E-state index in [4.69, 9.17) is 10.1 Å². The first kappa shape index (κ1) is 19.7. The zero-order chi connectivity index (χ0) is 20.1. The third kappa shape index (κ3) is 3.53. The molecule has 1 aliphatic heterocycles. The molecule has 7 heteroatoms. The van der Waals surface area contributed by atoms with E-state index < -0.39 is 12.1 Å². The van der Waals surface area contributed by atoms with Crippen LogP contribution in [0.25, 0.3) is 5.65 Å². The first-order valence-corrected chi connectivity index (χ1v) is 10.4. The van der Waals surface area contributed by atoms with E-state index in [-0.39, 0.29) is 18.8 Å². The number of alkyl halides is 3. The lowest BCUT2D eigenvalue weighted by Gasteiger charge is -2.31. The van der Waals surface area contributed by atoms with E-state index >= 15 is 0 Å². The maximum atomic E-state index is 13.0. The van der Waals surface area contributed by atoms with Gasteiger partial charge in [-0.25, -0.2) is 9.50 Å². The molecule has 0 spiro atoms. The minimum absolute atomic E-state index is 0.0932. The Balaban J connectivity index is 1.67. The molecular weight excluding hydrogens is 365 g/mol. The molecule has 4 rings (SSSR count). The fourth-order valence-corrected chi connectivity index (χ4v) is 4.95. The average Bonchev–Trinajstić information content (AvgIpc) is 3.06. The monoisotopic (exact) mass is 394 g/mol. The van der Waals surface area contributed by atoms with Gasteiger partial charge in [-0.2, -0.15) is 18.3 Å². The standard InChI is InChI=1S/C21H29F3N4/c1-12-8-9-25-11-17(12)20-13(2)14(3)26-19-10-18(27-28(19)20)15-4-6-16(7-5-15)21(22,23)24/h10,12,15-17,25H,4-9,11H2,1-3H3/t12-,15?,16?,17+/m1/s1. The SMILES string of the molecule is Cc1nc2cc(C3CCC(C(F)(F)F)CC3)nn2c([C@H]2CNCC[C@H]2C)c1C. The molecule has 0 aromatic carbocycles. The molecule has 1 saturated heterocycles. The predicted molar refractivity (Wildman–Crippen MR) is 103 cm³/mol. The number of rotatable bonds is 2. The number of nitrogens with one attached hydrogen (secondary N) is 1. The zero-order valence-corrected chi connectivity index (χ0v) is 16.8. The molecule has 154 valence electrons. The van der Waals surface area contributed by atoms with E-state index in [0.29, 0.717) is 24.7 Å². The van der Waals surface area contributed by atoms with Crippen LogP contribution >= 0.6 is 0 Å². The van der Waals surface area contributed by atoms with E-state index in [9.17, 15) is 13.2 Å². The number of aromatic nitrogens is 3. The summed E-state index contributed by atoms with van der Waals surface area (Å²) in [5.41, 5.74) is 5.10. The van der Waals surface area contributed by atoms with Crippen LogP contribution in [0.1, 0.15) is 73.5 Å². The fourth-order valence-electron chi connectivity index (χ4n) is 4.95. The van der Waals surface area contributed by atoms with Crippen molar-refractivity contribution in [1.82, 2.24) is 19.9 Å². The van der Waals surface area contributed by atoms with Crippen LogP contribution in [-0.2, 0) is 0 Å². The maximum Gasteiger partial charge on any atom is 0.391 e. The fraction of sp³-hybridized carbons (Fsp3) is 0.714. The third-order valence-electron chi connectivity index (χ3n) is 6.93. The van der Waals surface area contributed by atoms with Crippen LogP contribution < -0.4 is 5.32 Å². The highest BCUT2D eigenvalue weighted by Crippen LogP contribution is 2.43. The summed E-state index contributed by atoms with van der Waals surface area (Å²) in [6.07, 6.45) is -1.46. The lowest BCUT2D eigenvalue weighted by Crippen LogP contribution is -2.35. The zero-order valence-electron chi connectivity index (χ0n) is 16.8. The van der Waals surface area contributed by atoms with Gasteiger partial charge in [0.1, 0.15) is 0 Å². The van der Waals surface area contributed by atoms with Crippen molar-refractivity contribution in [2.75, 3.05) is 13.1 Å². The van der Waals surface area contributed by atoms with Crippen molar-refractivity contribution in [3.63, 3.8) is 0 Å². The van der Waals surface area contributed by atoms with Crippen LogP contribution in [0.3, 0.4) is 0 Å². The van der Waals surface area contributed by atoms with Gasteiger partial charge in [-0.3, -0.25) is 0 Å². The predicted octanol–water partition coefficient (Wildman–Crippen LogP) is 4.90. The van der Waals surface area contributed by atoms with Crippen LogP contribution in [0.2, 0.25) is 0 Å². The summed E-state index contributed by atoms with van der Waals surface area (Å²) in [6, 6.07) is 2.00. The second-order valence-electron chi connectivity index (χ2n) is 8.71. The van der Waals surface area contributed by atoms with Crippen molar-refractivity contribution >= 4 is 5.65 Å². The summed E-state index contributed by atoms with van der Waals surface area (Å²) < 4.78 is 40.9. The van der Waals surface area contributed by atoms with Crippen LogP contribution in [0.15, 0.2) is 6.07 Å². The van der Waals surface area contributed by atoms with Gasteiger partial charge in [-0.1, -0.05) is 6.92 Å². The van der Waals surface area contributed by atoms with Gasteiger partial charge < -0.3 is 5.32 Å². The highest BCUT2D eigenvalue weighted by atomic mass is 19.4. The number of hydrogen-bond acceptors (Lipinski definition) is 3. The Bertz CT molecular complexity index is 849. The van der Waals surface area contributed by atoms with Gasteiger partial charge >= 0.3 is 6.18 Å². The Labute approximate surface area is 163 Å². The molecule has 2 fully saturated rings. The normalized spacial score (nSPS) is 29.4. The van der Waals surface area contributed by atoms with Gasteiger partial charge in [-0.15, -0.1) is 0 Å². The van der Waals surface area contributed by atoms with Gasteiger partial charge in [0, 0.05) is 30.1 Å². The molecule has 2 aliphatic rings. The Hall–Kier alpha value is -1.63. The molecule has 4 nitrogen and oxygen atoms in total. The lowest BCUT2D eigenvalue weighted by molar-refractivity contribution is -0.182. The molecule has 1 N–H and O–H groups in total. The molecule has 3 heterocycles. The minimum Gasteiger partial charge on any atom is -0.316 e. The maximum absolute atomic E-state index is 13.0. The van der Waals surface area contributed by atoms with Crippen molar-refractivity contribution in [2.24, 2.45) is 11.8 Å². The van der Waals surface area contributed by atoms with Crippen molar-refractivity contribution in [2.45, 2.75) is 70.9 Å². The van der Waals surface area contributed by atoms with Crippen molar-refractivity contribution in [3.05, 3.63) is 28.7 Å². The smallest absolute Gasteiger partial charge is 0.316 e. The van der Waals surface area contributed by atoms with E-state index in [2.05, 4.69) is 19.2 Å². The van der Waals surface area contributed by atoms with Crippen molar-refractivity contribution in [1.29, 1.82) is 0 Å². The first-order valence-electron chi connectivity index (χ1n) is 10.4. The summed E-state index contributed by atoms with van der Waals surface area (Å²) in [7, 11) is 0. The molecule has 0 amide bonds. The molecule has 0 bridgehead atoms. The minimum atomic E-state index is -4.07. The quantitative estimate of drug-likeness (QED) is 0.788. The van der Waals surface area contributed by atoms with Gasteiger partial charge in [-0.05, 0) is 64.0 Å². The molecular formula is C21H29F3N4.